The molecule has 0 atom stereocenters. The van der Waals surface area contributed by atoms with E-state index < -0.39 is 0 Å². The van der Waals surface area contributed by atoms with Crippen molar-refractivity contribution in [3.05, 3.63) is 47.5 Å². The van der Waals surface area contributed by atoms with Crippen molar-refractivity contribution in [2.24, 2.45) is 10.3 Å². The lowest BCUT2D eigenvalue weighted by Gasteiger charge is -2.10. The Morgan fingerprint density at radius 1 is 0.656 bits per heavy atom. The van der Waals surface area contributed by atoms with Gasteiger partial charge >= 0.3 is 0 Å². The summed E-state index contributed by atoms with van der Waals surface area (Å²) in [6, 6.07) is 9.66. The molecule has 174 valence electrons. The second kappa shape index (κ2) is 13.1. The van der Waals surface area contributed by atoms with Crippen LogP contribution >= 0.6 is 0 Å². The minimum atomic E-state index is 0.0574. The summed E-state index contributed by atoms with van der Waals surface area (Å²) in [5.41, 5.74) is 1.82. The van der Waals surface area contributed by atoms with Crippen molar-refractivity contribution in [2.75, 3.05) is 14.2 Å². The van der Waals surface area contributed by atoms with Crippen molar-refractivity contribution in [2.45, 2.75) is 51.4 Å². The minimum absolute atomic E-state index is 0.0574. The number of hydrogen-bond acceptors (Lipinski definition) is 8. The lowest BCUT2D eigenvalue weighted by atomic mass is 10.00. The summed E-state index contributed by atoms with van der Waals surface area (Å²) in [5, 5.41) is 45.4. The van der Waals surface area contributed by atoms with E-state index >= 15 is 0 Å². The highest BCUT2D eigenvalue weighted by Crippen LogP contribution is 2.27. The number of phenolic OH excluding ortho intramolecular Hbond substituents is 2. The highest BCUT2D eigenvalue weighted by Gasteiger charge is 2.12. The van der Waals surface area contributed by atoms with Gasteiger partial charge in [-0.15, -0.1) is 0 Å². The van der Waals surface area contributed by atoms with Crippen LogP contribution < -0.4 is 9.47 Å². The molecule has 0 saturated heterocycles. The molecule has 0 amide bonds. The molecule has 0 aromatic heterocycles. The van der Waals surface area contributed by atoms with Crippen molar-refractivity contribution in [1.29, 1.82) is 0 Å². The van der Waals surface area contributed by atoms with Crippen LogP contribution in [0.1, 0.15) is 62.5 Å². The summed E-state index contributed by atoms with van der Waals surface area (Å²) < 4.78 is 10.3. The largest absolute Gasteiger partial charge is 0.507 e. The second-order valence-corrected chi connectivity index (χ2v) is 7.48. The number of hydrogen-bond donors (Lipinski definition) is 4. The topological polar surface area (TPSA) is 124 Å². The van der Waals surface area contributed by atoms with Crippen LogP contribution in [0.4, 0.5) is 0 Å². The smallest absolute Gasteiger partial charge is 0.125 e. The molecule has 8 heteroatoms. The van der Waals surface area contributed by atoms with E-state index in [1.807, 2.05) is 0 Å². The Bertz CT molecular complexity index is 851. The van der Waals surface area contributed by atoms with Crippen LogP contribution in [-0.2, 0) is 0 Å². The first kappa shape index (κ1) is 24.8. The Morgan fingerprint density at radius 2 is 1.03 bits per heavy atom. The van der Waals surface area contributed by atoms with Crippen LogP contribution in [0.3, 0.4) is 0 Å². The normalized spacial score (nSPS) is 12.1. The van der Waals surface area contributed by atoms with Gasteiger partial charge in [-0.25, -0.2) is 0 Å². The average molecular weight is 445 g/mol. The fraction of sp³-hybridized carbons (Fsp3) is 0.417. The predicted molar refractivity (Wildman–Crippen MR) is 123 cm³/mol. The van der Waals surface area contributed by atoms with Crippen molar-refractivity contribution in [3.63, 3.8) is 0 Å². The van der Waals surface area contributed by atoms with Crippen LogP contribution in [0.15, 0.2) is 46.7 Å². The maximum Gasteiger partial charge on any atom is 0.125 e. The fourth-order valence-corrected chi connectivity index (χ4v) is 3.52. The molecule has 0 aliphatic rings. The first-order valence-electron chi connectivity index (χ1n) is 10.7. The molecule has 32 heavy (non-hydrogen) atoms. The van der Waals surface area contributed by atoms with E-state index in [1.165, 1.54) is 12.1 Å². The van der Waals surface area contributed by atoms with Gasteiger partial charge in [0.15, 0.2) is 0 Å². The van der Waals surface area contributed by atoms with Gasteiger partial charge in [-0.05, 0) is 62.1 Å². The third-order valence-corrected chi connectivity index (χ3v) is 5.35. The zero-order valence-corrected chi connectivity index (χ0v) is 18.6. The van der Waals surface area contributed by atoms with E-state index in [0.29, 0.717) is 46.9 Å². The Morgan fingerprint density at radius 3 is 1.38 bits per heavy atom. The van der Waals surface area contributed by atoms with E-state index in [2.05, 4.69) is 10.3 Å². The minimum Gasteiger partial charge on any atom is -0.507 e. The number of oxime groups is 2. The summed E-state index contributed by atoms with van der Waals surface area (Å²) in [6.07, 6.45) is 6.70. The molecule has 0 aliphatic heterocycles. The molecular weight excluding hydrogens is 412 g/mol. The van der Waals surface area contributed by atoms with Crippen LogP contribution in [0.2, 0.25) is 0 Å². The average Bonchev–Trinajstić information content (AvgIpc) is 2.82. The molecule has 2 rings (SSSR count). The Kier molecular flexibility index (Phi) is 10.2. The van der Waals surface area contributed by atoms with Crippen molar-refractivity contribution in [3.8, 4) is 23.0 Å². The fourth-order valence-electron chi connectivity index (χ4n) is 3.52. The number of ether oxygens (including phenoxy) is 2. The highest BCUT2D eigenvalue weighted by atomic mass is 16.5. The van der Waals surface area contributed by atoms with E-state index in [0.717, 1.165) is 38.5 Å². The number of benzene rings is 2. The summed E-state index contributed by atoms with van der Waals surface area (Å²) in [6.45, 7) is 0. The van der Waals surface area contributed by atoms with Gasteiger partial charge < -0.3 is 30.1 Å². The zero-order valence-electron chi connectivity index (χ0n) is 18.6. The molecule has 0 unspecified atom stereocenters. The molecule has 0 heterocycles. The van der Waals surface area contributed by atoms with Crippen molar-refractivity contribution in [1.82, 2.24) is 0 Å². The lowest BCUT2D eigenvalue weighted by molar-refractivity contribution is 0.317. The highest BCUT2D eigenvalue weighted by molar-refractivity contribution is 6.03. The number of phenols is 2. The van der Waals surface area contributed by atoms with Crippen molar-refractivity contribution < 1.29 is 30.1 Å². The quantitative estimate of drug-likeness (QED) is 0.144. The SMILES string of the molecule is COc1ccc(O)c(/C(CCCCCCCC/C(=N\O)c2cc(OC)ccc2O)=N/O)c1. The molecule has 0 radical (unpaired) electrons. The first-order chi connectivity index (χ1) is 15.5. The summed E-state index contributed by atoms with van der Waals surface area (Å²) in [4.78, 5) is 0. The molecule has 0 bridgehead atoms. The van der Waals surface area contributed by atoms with Gasteiger partial charge in [-0.2, -0.15) is 0 Å². The summed E-state index contributed by atoms with van der Waals surface area (Å²) in [7, 11) is 3.08. The van der Waals surface area contributed by atoms with Gasteiger partial charge in [-0.3, -0.25) is 0 Å². The van der Waals surface area contributed by atoms with Gasteiger partial charge in [0, 0.05) is 11.1 Å². The van der Waals surface area contributed by atoms with E-state index in [1.54, 1.807) is 38.5 Å². The van der Waals surface area contributed by atoms with Gasteiger partial charge in [0.1, 0.15) is 23.0 Å². The van der Waals surface area contributed by atoms with Gasteiger partial charge in [0.25, 0.3) is 0 Å². The predicted octanol–water partition coefficient (Wildman–Crippen LogP) is 5.29. The Hall–Kier alpha value is -3.42. The summed E-state index contributed by atoms with van der Waals surface area (Å²) >= 11 is 0. The third kappa shape index (κ3) is 7.08. The summed E-state index contributed by atoms with van der Waals surface area (Å²) in [5.74, 6) is 1.29. The molecule has 2 aromatic rings. The van der Waals surface area contributed by atoms with Gasteiger partial charge in [0.2, 0.25) is 0 Å². The zero-order chi connectivity index (χ0) is 23.3. The Balaban J connectivity index is 1.71. The second-order valence-electron chi connectivity index (χ2n) is 7.48. The van der Waals surface area contributed by atoms with E-state index in [-0.39, 0.29) is 11.5 Å². The number of nitrogens with zero attached hydrogens (tertiary/aromatic N) is 2. The van der Waals surface area contributed by atoms with Gasteiger partial charge in [0.05, 0.1) is 25.6 Å². The molecule has 0 fully saturated rings. The van der Waals surface area contributed by atoms with Crippen LogP contribution in [0, 0.1) is 0 Å². The number of unbranched alkanes of at least 4 members (excludes halogenated alkanes) is 5. The molecular formula is C24H32N2O6. The molecule has 0 aliphatic carbocycles. The number of methoxy groups -OCH3 is 2. The van der Waals surface area contributed by atoms with E-state index in [9.17, 15) is 20.6 Å². The standard InChI is InChI=1S/C24H32N2O6/c1-31-17-11-13-23(27)19(15-17)21(25-29)9-7-5-3-4-6-8-10-22(26-30)20-16-18(32-2)12-14-24(20)28/h11-16,27-30H,3-10H2,1-2H3/b25-21+,26-22+. The Labute approximate surface area is 188 Å². The van der Waals surface area contributed by atoms with Gasteiger partial charge in [-0.1, -0.05) is 36.0 Å². The maximum atomic E-state index is 10.0. The molecule has 0 saturated carbocycles. The monoisotopic (exact) mass is 444 g/mol. The number of rotatable bonds is 13. The third-order valence-electron chi connectivity index (χ3n) is 5.35. The maximum absolute atomic E-state index is 10.0. The first-order valence-corrected chi connectivity index (χ1v) is 10.7. The van der Waals surface area contributed by atoms with E-state index in [4.69, 9.17) is 9.47 Å². The van der Waals surface area contributed by atoms with Crippen LogP contribution in [-0.4, -0.2) is 46.3 Å². The molecule has 8 nitrogen and oxygen atoms in total. The van der Waals surface area contributed by atoms with Crippen LogP contribution in [0.5, 0.6) is 23.0 Å². The van der Waals surface area contributed by atoms with Crippen molar-refractivity contribution >= 4 is 11.4 Å². The molecule has 2 aromatic carbocycles. The number of aromatic hydroxyl groups is 2. The molecule has 4 N–H and O–H groups in total. The van der Waals surface area contributed by atoms with Crippen LogP contribution in [0.25, 0.3) is 0 Å². The molecule has 0 spiro atoms. The lowest BCUT2D eigenvalue weighted by Crippen LogP contribution is -2.03.